The van der Waals surface area contributed by atoms with E-state index in [9.17, 15) is 17.6 Å². The van der Waals surface area contributed by atoms with Crippen LogP contribution in [0.3, 0.4) is 0 Å². The van der Waals surface area contributed by atoms with E-state index in [0.717, 1.165) is 16.7 Å². The van der Waals surface area contributed by atoms with Crippen molar-refractivity contribution in [2.45, 2.75) is 31.2 Å². The SMILES string of the molecule is CCOC(=O)/C=C/C1Cc2ccccc2-c2cc(F)ccc2N1S(=O)(=O)c1ccc(C)cc1. The lowest BCUT2D eigenvalue weighted by Crippen LogP contribution is -2.40. The fraction of sp³-hybridized carbons (Fsp3) is 0.192. The first kappa shape index (κ1) is 22.7. The van der Waals surface area contributed by atoms with Crippen LogP contribution < -0.4 is 4.31 Å². The molecular weight excluding hydrogens is 441 g/mol. The maximum Gasteiger partial charge on any atom is 0.330 e. The summed E-state index contributed by atoms with van der Waals surface area (Å²) in [4.78, 5) is 12.2. The van der Waals surface area contributed by atoms with Gasteiger partial charge in [-0.25, -0.2) is 17.6 Å². The smallest absolute Gasteiger partial charge is 0.330 e. The molecule has 4 rings (SSSR count). The predicted octanol–water partition coefficient (Wildman–Crippen LogP) is 5.04. The van der Waals surface area contributed by atoms with Crippen LogP contribution in [0, 0.1) is 12.7 Å². The molecule has 1 aliphatic rings. The summed E-state index contributed by atoms with van der Waals surface area (Å²) in [5.41, 5.74) is 3.36. The van der Waals surface area contributed by atoms with Crippen LogP contribution in [0.1, 0.15) is 18.1 Å². The lowest BCUT2D eigenvalue weighted by Gasteiger charge is -2.30. The third kappa shape index (κ3) is 4.54. The molecule has 0 aromatic heterocycles. The molecule has 3 aromatic carbocycles. The largest absolute Gasteiger partial charge is 0.463 e. The Morgan fingerprint density at radius 1 is 1.09 bits per heavy atom. The van der Waals surface area contributed by atoms with Crippen LogP contribution in [0.2, 0.25) is 0 Å². The highest BCUT2D eigenvalue weighted by Gasteiger charge is 2.35. The van der Waals surface area contributed by atoms with Crippen molar-refractivity contribution in [2.24, 2.45) is 0 Å². The first-order chi connectivity index (χ1) is 15.8. The molecule has 170 valence electrons. The summed E-state index contributed by atoms with van der Waals surface area (Å²) in [6.07, 6.45) is 3.09. The first-order valence-corrected chi connectivity index (χ1v) is 12.1. The number of hydrogen-bond acceptors (Lipinski definition) is 4. The molecule has 0 saturated heterocycles. The zero-order valence-electron chi connectivity index (χ0n) is 18.4. The van der Waals surface area contributed by atoms with E-state index in [2.05, 4.69) is 0 Å². The number of hydrogen-bond donors (Lipinski definition) is 0. The molecule has 0 bridgehead atoms. The van der Waals surface area contributed by atoms with E-state index in [-0.39, 0.29) is 11.5 Å². The van der Waals surface area contributed by atoms with Crippen molar-refractivity contribution in [3.63, 3.8) is 0 Å². The average molecular weight is 466 g/mol. The Labute approximate surface area is 193 Å². The molecule has 3 aromatic rings. The molecule has 0 radical (unpaired) electrons. The molecule has 1 atom stereocenters. The Bertz CT molecular complexity index is 1320. The van der Waals surface area contributed by atoms with Gasteiger partial charge in [0.2, 0.25) is 0 Å². The fourth-order valence-corrected chi connectivity index (χ4v) is 5.65. The van der Waals surface area contributed by atoms with E-state index in [1.165, 1.54) is 28.6 Å². The van der Waals surface area contributed by atoms with Gasteiger partial charge in [0.1, 0.15) is 5.82 Å². The monoisotopic (exact) mass is 465 g/mol. The average Bonchev–Trinajstić information content (AvgIpc) is 2.92. The second-order valence-corrected chi connectivity index (χ2v) is 9.63. The molecule has 0 aliphatic carbocycles. The minimum Gasteiger partial charge on any atom is -0.463 e. The van der Waals surface area contributed by atoms with Gasteiger partial charge in [0.15, 0.2) is 0 Å². The van der Waals surface area contributed by atoms with Crippen molar-refractivity contribution in [1.29, 1.82) is 0 Å². The number of halogens is 1. The molecule has 1 aliphatic heterocycles. The number of esters is 1. The van der Waals surface area contributed by atoms with Crippen molar-refractivity contribution >= 4 is 21.7 Å². The number of ether oxygens (including phenoxy) is 1. The van der Waals surface area contributed by atoms with Crippen LogP contribution in [-0.4, -0.2) is 27.0 Å². The molecule has 33 heavy (non-hydrogen) atoms. The summed E-state index contributed by atoms with van der Waals surface area (Å²) in [5, 5.41) is 0. The van der Waals surface area contributed by atoms with E-state index >= 15 is 0 Å². The molecule has 1 heterocycles. The van der Waals surface area contributed by atoms with E-state index < -0.39 is 27.9 Å². The zero-order chi connectivity index (χ0) is 23.6. The van der Waals surface area contributed by atoms with Gasteiger partial charge >= 0.3 is 5.97 Å². The van der Waals surface area contributed by atoms with Gasteiger partial charge in [-0.05, 0) is 61.7 Å². The quantitative estimate of drug-likeness (QED) is 0.391. The molecule has 7 heteroatoms. The lowest BCUT2D eigenvalue weighted by atomic mass is 9.96. The standard InChI is InChI=1S/C26H24FNO4S/c1-3-32-26(29)15-11-21-16-19-6-4-5-7-23(19)24-17-20(27)10-14-25(24)28(21)33(30,31)22-12-8-18(2)9-13-22/h4-15,17,21H,3,16H2,1-2H3/b15-11+. The predicted molar refractivity (Wildman–Crippen MR) is 126 cm³/mol. The number of sulfonamides is 1. The molecule has 1 unspecified atom stereocenters. The zero-order valence-corrected chi connectivity index (χ0v) is 19.2. The van der Waals surface area contributed by atoms with Gasteiger partial charge in [-0.1, -0.05) is 48.0 Å². The minimum absolute atomic E-state index is 0.115. The number of carbonyl (C=O) groups excluding carboxylic acids is 1. The molecule has 5 nitrogen and oxygen atoms in total. The molecule has 0 fully saturated rings. The number of aryl methyl sites for hydroxylation is 1. The number of rotatable bonds is 5. The number of nitrogens with zero attached hydrogens (tertiary/aromatic N) is 1. The third-order valence-corrected chi connectivity index (χ3v) is 7.41. The van der Waals surface area contributed by atoms with E-state index in [0.29, 0.717) is 17.7 Å². The number of benzene rings is 3. The van der Waals surface area contributed by atoms with Crippen molar-refractivity contribution in [2.75, 3.05) is 10.9 Å². The summed E-state index contributed by atoms with van der Waals surface area (Å²) in [6, 6.07) is 17.3. The van der Waals surface area contributed by atoms with E-state index in [4.69, 9.17) is 4.74 Å². The molecule has 0 spiro atoms. The fourth-order valence-electron chi connectivity index (χ4n) is 4.02. The second-order valence-electron chi connectivity index (χ2n) is 7.82. The van der Waals surface area contributed by atoms with Crippen molar-refractivity contribution in [3.05, 3.63) is 95.8 Å². The highest BCUT2D eigenvalue weighted by Crippen LogP contribution is 2.41. The molecule has 0 saturated carbocycles. The van der Waals surface area contributed by atoms with Crippen LogP contribution >= 0.6 is 0 Å². The Kier molecular flexibility index (Phi) is 6.33. The summed E-state index contributed by atoms with van der Waals surface area (Å²) in [6.45, 7) is 3.79. The molecular formula is C26H24FNO4S. The topological polar surface area (TPSA) is 63.7 Å². The van der Waals surface area contributed by atoms with Crippen molar-refractivity contribution in [3.8, 4) is 11.1 Å². The Balaban J connectivity index is 1.95. The van der Waals surface area contributed by atoms with Gasteiger partial charge < -0.3 is 4.74 Å². The lowest BCUT2D eigenvalue weighted by molar-refractivity contribution is -0.137. The van der Waals surface area contributed by atoms with E-state index in [1.54, 1.807) is 37.3 Å². The Morgan fingerprint density at radius 3 is 2.55 bits per heavy atom. The van der Waals surface area contributed by atoms with Gasteiger partial charge in [-0.2, -0.15) is 0 Å². The third-order valence-electron chi connectivity index (χ3n) is 5.55. The molecule has 0 amide bonds. The first-order valence-electron chi connectivity index (χ1n) is 10.6. The van der Waals surface area contributed by atoms with Gasteiger partial charge in [0.25, 0.3) is 10.0 Å². The van der Waals surface area contributed by atoms with Gasteiger partial charge in [-0.3, -0.25) is 4.31 Å². The van der Waals surface area contributed by atoms with Crippen molar-refractivity contribution < 1.29 is 22.3 Å². The summed E-state index contributed by atoms with van der Waals surface area (Å²) in [7, 11) is -4.05. The number of anilines is 1. The van der Waals surface area contributed by atoms with Crippen molar-refractivity contribution in [1.82, 2.24) is 0 Å². The van der Waals surface area contributed by atoms with Crippen LogP contribution in [0.15, 0.2) is 83.8 Å². The Hall–Kier alpha value is -3.45. The van der Waals surface area contributed by atoms with Crippen LogP contribution in [0.5, 0.6) is 0 Å². The van der Waals surface area contributed by atoms with Gasteiger partial charge in [0.05, 0.1) is 23.2 Å². The van der Waals surface area contributed by atoms with Crippen LogP contribution in [-0.2, 0) is 26.0 Å². The van der Waals surface area contributed by atoms with Crippen LogP contribution in [0.25, 0.3) is 11.1 Å². The normalized spacial score (nSPS) is 15.6. The number of fused-ring (bicyclic) bond motifs is 3. The highest BCUT2D eigenvalue weighted by molar-refractivity contribution is 7.92. The summed E-state index contributed by atoms with van der Waals surface area (Å²) in [5.74, 6) is -1.02. The maximum atomic E-state index is 14.3. The van der Waals surface area contributed by atoms with Gasteiger partial charge in [0, 0.05) is 11.6 Å². The minimum atomic E-state index is -4.05. The second kappa shape index (κ2) is 9.19. The maximum absolute atomic E-state index is 14.3. The van der Waals surface area contributed by atoms with E-state index in [1.807, 2.05) is 31.2 Å². The Morgan fingerprint density at radius 2 is 1.82 bits per heavy atom. The van der Waals surface area contributed by atoms with Crippen LogP contribution in [0.4, 0.5) is 10.1 Å². The molecule has 0 N–H and O–H groups in total. The summed E-state index contributed by atoms with van der Waals surface area (Å²) < 4.78 is 48.4. The number of carbonyl (C=O) groups is 1. The highest BCUT2D eigenvalue weighted by atomic mass is 32.2. The van der Waals surface area contributed by atoms with Gasteiger partial charge in [-0.15, -0.1) is 0 Å². The summed E-state index contributed by atoms with van der Waals surface area (Å²) >= 11 is 0.